The van der Waals surface area contributed by atoms with Gasteiger partial charge in [-0.2, -0.15) is 0 Å². The van der Waals surface area contributed by atoms with Gasteiger partial charge in [0.05, 0.1) is 17.5 Å². The molecule has 2 unspecified atom stereocenters. The maximum absolute atomic E-state index is 13.0. The summed E-state index contributed by atoms with van der Waals surface area (Å²) in [4.78, 5) is 29.3. The Hall–Kier alpha value is -2.89. The largest absolute Gasteiger partial charge is 0.352 e. The minimum Gasteiger partial charge on any atom is -0.352 e. The summed E-state index contributed by atoms with van der Waals surface area (Å²) in [6, 6.07) is 12.1. The second kappa shape index (κ2) is 5.58. The van der Waals surface area contributed by atoms with E-state index in [1.807, 2.05) is 42.6 Å². The van der Waals surface area contributed by atoms with E-state index in [9.17, 15) is 4.79 Å². The number of carbonyl (C=O) groups is 1. The first kappa shape index (κ1) is 14.5. The number of hydrogen-bond donors (Lipinski definition) is 1. The van der Waals surface area contributed by atoms with Crippen LogP contribution in [-0.2, 0) is 0 Å². The summed E-state index contributed by atoms with van der Waals surface area (Å²) in [6.07, 6.45) is 5.62. The lowest BCUT2D eigenvalue weighted by Gasteiger charge is -2.41. The highest BCUT2D eigenvalue weighted by Gasteiger charge is 2.43. The molecule has 1 aromatic carbocycles. The number of carbonyl (C=O) groups excluding carboxylic acids is 1. The predicted molar refractivity (Wildman–Crippen MR) is 95.5 cm³/mol. The van der Waals surface area contributed by atoms with Crippen LogP contribution in [0.5, 0.6) is 0 Å². The fourth-order valence-electron chi connectivity index (χ4n) is 4.25. The van der Waals surface area contributed by atoms with E-state index in [1.54, 1.807) is 6.33 Å². The summed E-state index contributed by atoms with van der Waals surface area (Å²) >= 11 is 0. The molecule has 3 aromatic rings. The van der Waals surface area contributed by atoms with Crippen molar-refractivity contribution in [1.29, 1.82) is 0 Å². The molecule has 0 aliphatic carbocycles. The summed E-state index contributed by atoms with van der Waals surface area (Å²) in [6.45, 7) is 1.65. The quantitative estimate of drug-likeness (QED) is 0.782. The van der Waals surface area contributed by atoms with Crippen molar-refractivity contribution in [3.8, 4) is 0 Å². The van der Waals surface area contributed by atoms with E-state index >= 15 is 0 Å². The zero-order chi connectivity index (χ0) is 16.8. The van der Waals surface area contributed by atoms with Gasteiger partial charge in [0.15, 0.2) is 0 Å². The molecule has 2 fully saturated rings. The number of nitrogens with zero attached hydrogens (tertiary/aromatic N) is 4. The molecule has 2 saturated heterocycles. The van der Waals surface area contributed by atoms with Gasteiger partial charge >= 0.3 is 0 Å². The van der Waals surface area contributed by atoms with E-state index in [0.717, 1.165) is 48.3 Å². The number of nitrogens with one attached hydrogen (secondary N) is 1. The van der Waals surface area contributed by atoms with Crippen LogP contribution in [0.4, 0.5) is 5.82 Å². The first-order valence-corrected chi connectivity index (χ1v) is 8.72. The predicted octanol–water partition coefficient (Wildman–Crippen LogP) is 2.45. The van der Waals surface area contributed by atoms with Crippen LogP contribution in [0, 0.1) is 0 Å². The second-order valence-electron chi connectivity index (χ2n) is 6.81. The Morgan fingerprint density at radius 2 is 1.80 bits per heavy atom. The number of amides is 1. The maximum atomic E-state index is 13.0. The number of aromatic amines is 1. The molecule has 1 amide bonds. The van der Waals surface area contributed by atoms with Gasteiger partial charge < -0.3 is 14.8 Å². The van der Waals surface area contributed by atoms with E-state index in [4.69, 9.17) is 0 Å². The number of piperazine rings is 1. The molecule has 5 rings (SSSR count). The lowest BCUT2D eigenvalue weighted by atomic mass is 10.1. The fraction of sp³-hybridized carbons (Fsp3) is 0.316. The van der Waals surface area contributed by atoms with Crippen molar-refractivity contribution in [2.45, 2.75) is 24.9 Å². The number of fused-ring (bicyclic) bond motifs is 3. The first-order valence-electron chi connectivity index (χ1n) is 8.72. The van der Waals surface area contributed by atoms with Gasteiger partial charge in [-0.25, -0.2) is 9.97 Å². The van der Waals surface area contributed by atoms with Crippen LogP contribution in [0.3, 0.4) is 0 Å². The smallest absolute Gasteiger partial charge is 0.254 e. The summed E-state index contributed by atoms with van der Waals surface area (Å²) in [5.41, 5.74) is 1.64. The van der Waals surface area contributed by atoms with Gasteiger partial charge in [0.25, 0.3) is 5.91 Å². The molecule has 6 heteroatoms. The molecule has 2 bridgehead atoms. The van der Waals surface area contributed by atoms with Gasteiger partial charge in [0.2, 0.25) is 0 Å². The van der Waals surface area contributed by atoms with Gasteiger partial charge in [-0.3, -0.25) is 4.79 Å². The van der Waals surface area contributed by atoms with Gasteiger partial charge in [-0.15, -0.1) is 0 Å². The Morgan fingerprint density at radius 1 is 1.04 bits per heavy atom. The molecular weight excluding hydrogens is 314 g/mol. The zero-order valence-corrected chi connectivity index (χ0v) is 13.8. The van der Waals surface area contributed by atoms with Crippen molar-refractivity contribution in [1.82, 2.24) is 19.9 Å². The topological polar surface area (TPSA) is 65.1 Å². The standard InChI is InChI=1S/C19H19N5O/c25-19(13-4-2-1-3-5-13)24-14-6-7-15(24)11-23(10-14)18-16-8-9-20-17(16)21-12-22-18/h1-5,8-9,12,14-15H,6-7,10-11H2,(H,20,21,22). The first-order chi connectivity index (χ1) is 12.3. The van der Waals surface area contributed by atoms with Crippen molar-refractivity contribution in [3.05, 3.63) is 54.5 Å². The zero-order valence-electron chi connectivity index (χ0n) is 13.8. The number of anilines is 1. The number of rotatable bonds is 2. The average Bonchev–Trinajstić information content (AvgIpc) is 3.23. The molecule has 2 atom stereocenters. The van der Waals surface area contributed by atoms with Gasteiger partial charge in [0, 0.05) is 24.8 Å². The number of benzene rings is 1. The molecule has 25 heavy (non-hydrogen) atoms. The third-order valence-corrected chi connectivity index (χ3v) is 5.37. The summed E-state index contributed by atoms with van der Waals surface area (Å²) in [5.74, 6) is 1.12. The molecule has 2 aliphatic heterocycles. The SMILES string of the molecule is O=C(c1ccccc1)N1C2CCC1CN(c1ncnc3[nH]ccc13)C2. The molecule has 6 nitrogen and oxygen atoms in total. The highest BCUT2D eigenvalue weighted by Crippen LogP contribution is 2.34. The third kappa shape index (κ3) is 2.28. The Kier molecular flexibility index (Phi) is 3.23. The Labute approximate surface area is 145 Å². The molecule has 1 N–H and O–H groups in total. The lowest BCUT2D eigenvalue weighted by molar-refractivity contribution is 0.0641. The van der Waals surface area contributed by atoms with E-state index in [-0.39, 0.29) is 18.0 Å². The van der Waals surface area contributed by atoms with E-state index in [2.05, 4.69) is 24.8 Å². The van der Waals surface area contributed by atoms with Crippen LogP contribution in [-0.4, -0.2) is 50.9 Å². The van der Waals surface area contributed by atoms with E-state index in [0.29, 0.717) is 0 Å². The van der Waals surface area contributed by atoms with Gasteiger partial charge in [0.1, 0.15) is 17.8 Å². The normalized spacial score (nSPS) is 22.6. The van der Waals surface area contributed by atoms with Crippen molar-refractivity contribution >= 4 is 22.8 Å². The summed E-state index contributed by atoms with van der Waals surface area (Å²) in [7, 11) is 0. The Morgan fingerprint density at radius 3 is 2.56 bits per heavy atom. The highest BCUT2D eigenvalue weighted by atomic mass is 16.2. The van der Waals surface area contributed by atoms with Crippen LogP contribution in [0.25, 0.3) is 11.0 Å². The van der Waals surface area contributed by atoms with Crippen molar-refractivity contribution < 1.29 is 4.79 Å². The van der Waals surface area contributed by atoms with Crippen molar-refractivity contribution in [2.24, 2.45) is 0 Å². The van der Waals surface area contributed by atoms with E-state index < -0.39 is 0 Å². The summed E-state index contributed by atoms with van der Waals surface area (Å²) in [5, 5.41) is 1.05. The fourth-order valence-corrected chi connectivity index (χ4v) is 4.25. The average molecular weight is 333 g/mol. The molecule has 4 heterocycles. The van der Waals surface area contributed by atoms with Crippen molar-refractivity contribution in [3.63, 3.8) is 0 Å². The van der Waals surface area contributed by atoms with Crippen LogP contribution >= 0.6 is 0 Å². The second-order valence-corrected chi connectivity index (χ2v) is 6.81. The highest BCUT2D eigenvalue weighted by molar-refractivity contribution is 5.95. The molecule has 2 aromatic heterocycles. The number of aromatic nitrogens is 3. The maximum Gasteiger partial charge on any atom is 0.254 e. The molecule has 2 aliphatic rings. The van der Waals surface area contributed by atoms with Crippen LogP contribution in [0.1, 0.15) is 23.2 Å². The minimum absolute atomic E-state index is 0.155. The molecule has 126 valence electrons. The monoisotopic (exact) mass is 333 g/mol. The third-order valence-electron chi connectivity index (χ3n) is 5.37. The van der Waals surface area contributed by atoms with Crippen molar-refractivity contribution in [2.75, 3.05) is 18.0 Å². The van der Waals surface area contributed by atoms with Gasteiger partial charge in [-0.1, -0.05) is 18.2 Å². The number of hydrogen-bond acceptors (Lipinski definition) is 4. The lowest BCUT2D eigenvalue weighted by Crippen LogP contribution is -2.56. The number of H-pyrrole nitrogens is 1. The Bertz CT molecular complexity index is 908. The molecule has 0 spiro atoms. The Balaban J connectivity index is 1.44. The van der Waals surface area contributed by atoms with Gasteiger partial charge in [-0.05, 0) is 31.0 Å². The summed E-state index contributed by atoms with van der Waals surface area (Å²) < 4.78 is 0. The molecule has 0 saturated carbocycles. The molecule has 0 radical (unpaired) electrons. The van der Waals surface area contributed by atoms with Crippen LogP contribution in [0.2, 0.25) is 0 Å². The minimum atomic E-state index is 0.155. The van der Waals surface area contributed by atoms with E-state index in [1.165, 1.54) is 0 Å². The van der Waals surface area contributed by atoms with Crippen LogP contribution < -0.4 is 4.90 Å². The van der Waals surface area contributed by atoms with Crippen LogP contribution in [0.15, 0.2) is 48.9 Å². The molecular formula is C19H19N5O.